The van der Waals surface area contributed by atoms with Gasteiger partial charge in [-0.05, 0) is 23.8 Å². The molecule has 2 amide bonds. The van der Waals surface area contributed by atoms with Crippen LogP contribution in [0.1, 0.15) is 28.8 Å². The number of carbonyl (C=O) groups is 3. The molecule has 2 rings (SSSR count). The van der Waals surface area contributed by atoms with E-state index in [2.05, 4.69) is 10.9 Å². The Morgan fingerprint density at radius 3 is 2.37 bits per heavy atom. The molecule has 0 saturated carbocycles. The van der Waals surface area contributed by atoms with Gasteiger partial charge in [0.25, 0.3) is 5.91 Å². The molecule has 8 heteroatoms. The third kappa shape index (κ3) is 7.29. The number of esters is 1. The summed E-state index contributed by atoms with van der Waals surface area (Å²) in [6, 6.07) is 14.0. The van der Waals surface area contributed by atoms with Gasteiger partial charge in [-0.25, -0.2) is 0 Å². The lowest BCUT2D eigenvalue weighted by Crippen LogP contribution is -2.41. The lowest BCUT2D eigenvalue weighted by molar-refractivity contribution is -0.144. The van der Waals surface area contributed by atoms with Gasteiger partial charge in [0.1, 0.15) is 0 Å². The summed E-state index contributed by atoms with van der Waals surface area (Å²) >= 11 is 11.7. The number of halogens is 2. The molecule has 0 aliphatic heterocycles. The molecule has 2 aromatic carbocycles. The van der Waals surface area contributed by atoms with Gasteiger partial charge in [0.15, 0.2) is 0 Å². The molecule has 142 valence electrons. The van der Waals surface area contributed by atoms with Crippen LogP contribution < -0.4 is 10.9 Å². The normalized spacial score (nSPS) is 10.1. The third-order valence-corrected chi connectivity index (χ3v) is 4.09. The van der Waals surface area contributed by atoms with Crippen LogP contribution in [0.15, 0.2) is 48.5 Å². The van der Waals surface area contributed by atoms with E-state index in [4.69, 9.17) is 27.9 Å². The molecule has 0 atom stereocenters. The first-order valence-corrected chi connectivity index (χ1v) is 8.95. The van der Waals surface area contributed by atoms with Crippen LogP contribution in [-0.2, 0) is 20.7 Å². The minimum absolute atomic E-state index is 0.0851. The van der Waals surface area contributed by atoms with Gasteiger partial charge < -0.3 is 4.74 Å². The van der Waals surface area contributed by atoms with Crippen molar-refractivity contribution in [3.05, 3.63) is 69.7 Å². The second kappa shape index (κ2) is 10.5. The van der Waals surface area contributed by atoms with Gasteiger partial charge in [0, 0.05) is 17.9 Å². The standard InChI is InChI=1S/C19H18Cl2N2O4/c20-14-6-7-15(16(21)12-14)19(26)23-22-17(24)8-9-18(25)27-11-10-13-4-2-1-3-5-13/h1-7,12H,8-11H2,(H,22,24)(H,23,26). The lowest BCUT2D eigenvalue weighted by Gasteiger charge is -2.09. The van der Waals surface area contributed by atoms with E-state index in [1.54, 1.807) is 0 Å². The zero-order valence-electron chi connectivity index (χ0n) is 14.3. The van der Waals surface area contributed by atoms with Crippen molar-refractivity contribution in [1.29, 1.82) is 0 Å². The summed E-state index contributed by atoms with van der Waals surface area (Å²) in [7, 11) is 0. The van der Waals surface area contributed by atoms with Crippen molar-refractivity contribution in [3.63, 3.8) is 0 Å². The SMILES string of the molecule is O=C(CCC(=O)OCCc1ccccc1)NNC(=O)c1ccc(Cl)cc1Cl. The Balaban J connectivity index is 1.65. The highest BCUT2D eigenvalue weighted by Crippen LogP contribution is 2.20. The Kier molecular flexibility index (Phi) is 8.10. The number of amides is 2. The maximum atomic E-state index is 12.0. The summed E-state index contributed by atoms with van der Waals surface area (Å²) in [5.41, 5.74) is 5.68. The molecule has 0 heterocycles. The minimum atomic E-state index is -0.588. The van der Waals surface area contributed by atoms with Gasteiger partial charge in [-0.3, -0.25) is 25.2 Å². The smallest absolute Gasteiger partial charge is 0.306 e. The largest absolute Gasteiger partial charge is 0.465 e. The molecule has 2 aromatic rings. The fourth-order valence-corrected chi connectivity index (χ4v) is 2.64. The van der Waals surface area contributed by atoms with Gasteiger partial charge in [-0.15, -0.1) is 0 Å². The molecule has 0 spiro atoms. The van der Waals surface area contributed by atoms with Gasteiger partial charge in [-0.2, -0.15) is 0 Å². The molecule has 0 unspecified atom stereocenters. The molecule has 0 saturated heterocycles. The number of hydrogen-bond donors (Lipinski definition) is 2. The lowest BCUT2D eigenvalue weighted by atomic mass is 10.2. The second-order valence-electron chi connectivity index (χ2n) is 5.58. The Bertz CT molecular complexity index is 813. The summed E-state index contributed by atoms with van der Waals surface area (Å²) in [5.74, 6) is -1.59. The van der Waals surface area contributed by atoms with Crippen LogP contribution in [0.4, 0.5) is 0 Å². The van der Waals surface area contributed by atoms with Crippen LogP contribution in [0.5, 0.6) is 0 Å². The summed E-state index contributed by atoms with van der Waals surface area (Å²) in [6.45, 7) is 0.246. The van der Waals surface area contributed by atoms with Crippen LogP contribution in [0.3, 0.4) is 0 Å². The summed E-state index contributed by atoms with van der Waals surface area (Å²) in [4.78, 5) is 35.3. The van der Waals surface area contributed by atoms with Crippen molar-refractivity contribution in [2.24, 2.45) is 0 Å². The highest BCUT2D eigenvalue weighted by molar-refractivity contribution is 6.36. The Morgan fingerprint density at radius 1 is 0.926 bits per heavy atom. The highest BCUT2D eigenvalue weighted by Gasteiger charge is 2.13. The van der Waals surface area contributed by atoms with E-state index >= 15 is 0 Å². The van der Waals surface area contributed by atoms with Gasteiger partial charge in [-0.1, -0.05) is 53.5 Å². The quantitative estimate of drug-likeness (QED) is 0.543. The number of benzene rings is 2. The van der Waals surface area contributed by atoms with Crippen LogP contribution in [-0.4, -0.2) is 24.4 Å². The van der Waals surface area contributed by atoms with E-state index in [1.165, 1.54) is 18.2 Å². The average molecular weight is 409 g/mol. The van der Waals surface area contributed by atoms with Crippen LogP contribution in [0.25, 0.3) is 0 Å². The van der Waals surface area contributed by atoms with Crippen LogP contribution >= 0.6 is 23.2 Å². The third-order valence-electron chi connectivity index (χ3n) is 3.54. The number of nitrogens with one attached hydrogen (secondary N) is 2. The van der Waals surface area contributed by atoms with Crippen LogP contribution in [0.2, 0.25) is 10.0 Å². The van der Waals surface area contributed by atoms with E-state index in [0.717, 1.165) is 5.56 Å². The molecule has 6 nitrogen and oxygen atoms in total. The van der Waals surface area contributed by atoms with Crippen molar-refractivity contribution in [3.8, 4) is 0 Å². The van der Waals surface area contributed by atoms with Gasteiger partial charge in [0.05, 0.1) is 23.6 Å². The Labute approximate surface area is 166 Å². The zero-order valence-corrected chi connectivity index (χ0v) is 15.8. The van der Waals surface area contributed by atoms with E-state index in [1.807, 2.05) is 30.3 Å². The fraction of sp³-hybridized carbons (Fsp3) is 0.211. The summed E-state index contributed by atoms with van der Waals surface area (Å²) in [5, 5.41) is 0.558. The van der Waals surface area contributed by atoms with E-state index in [-0.39, 0.29) is 30.0 Å². The number of hydrazine groups is 1. The van der Waals surface area contributed by atoms with E-state index in [0.29, 0.717) is 11.4 Å². The number of ether oxygens (including phenoxy) is 1. The minimum Gasteiger partial charge on any atom is -0.465 e. The predicted molar refractivity (Wildman–Crippen MR) is 102 cm³/mol. The Hall–Kier alpha value is -2.57. The topological polar surface area (TPSA) is 84.5 Å². The molecular weight excluding hydrogens is 391 g/mol. The van der Waals surface area contributed by atoms with Crippen molar-refractivity contribution in [1.82, 2.24) is 10.9 Å². The highest BCUT2D eigenvalue weighted by atomic mass is 35.5. The summed E-state index contributed by atoms with van der Waals surface area (Å²) in [6.07, 6.45) is 0.410. The first-order chi connectivity index (χ1) is 13.0. The molecule has 2 N–H and O–H groups in total. The van der Waals surface area contributed by atoms with Crippen molar-refractivity contribution in [2.75, 3.05) is 6.61 Å². The fourth-order valence-electron chi connectivity index (χ4n) is 2.15. The first-order valence-electron chi connectivity index (χ1n) is 8.19. The van der Waals surface area contributed by atoms with Gasteiger partial charge >= 0.3 is 5.97 Å². The molecule has 0 aliphatic carbocycles. The maximum absolute atomic E-state index is 12.0. The molecular formula is C19H18Cl2N2O4. The average Bonchev–Trinajstić information content (AvgIpc) is 2.65. The van der Waals surface area contributed by atoms with Crippen molar-refractivity contribution < 1.29 is 19.1 Å². The van der Waals surface area contributed by atoms with Crippen LogP contribution in [0, 0.1) is 0 Å². The van der Waals surface area contributed by atoms with E-state index in [9.17, 15) is 14.4 Å². The monoisotopic (exact) mass is 408 g/mol. The summed E-state index contributed by atoms with van der Waals surface area (Å²) < 4.78 is 5.08. The molecule has 0 radical (unpaired) electrons. The number of rotatable bonds is 7. The van der Waals surface area contributed by atoms with Gasteiger partial charge in [0.2, 0.25) is 5.91 Å². The molecule has 0 fully saturated rings. The zero-order chi connectivity index (χ0) is 19.6. The molecule has 0 aromatic heterocycles. The van der Waals surface area contributed by atoms with Crippen molar-refractivity contribution in [2.45, 2.75) is 19.3 Å². The predicted octanol–water partition coefficient (Wildman–Crippen LogP) is 3.32. The molecule has 0 bridgehead atoms. The molecule has 27 heavy (non-hydrogen) atoms. The van der Waals surface area contributed by atoms with Crippen molar-refractivity contribution >= 4 is 41.0 Å². The maximum Gasteiger partial charge on any atom is 0.306 e. The first kappa shape index (κ1) is 20.7. The second-order valence-corrected chi connectivity index (χ2v) is 6.43. The Morgan fingerprint density at radius 2 is 1.67 bits per heavy atom. The van der Waals surface area contributed by atoms with E-state index < -0.39 is 17.8 Å². The number of carbonyl (C=O) groups excluding carboxylic acids is 3. The number of hydrogen-bond acceptors (Lipinski definition) is 4. The molecule has 0 aliphatic rings.